The van der Waals surface area contributed by atoms with Gasteiger partial charge in [0.25, 0.3) is 0 Å². The molecule has 0 unspecified atom stereocenters. The summed E-state index contributed by atoms with van der Waals surface area (Å²) in [5.41, 5.74) is 0. The van der Waals surface area contributed by atoms with Crippen molar-refractivity contribution in [1.82, 2.24) is 5.32 Å². The largest absolute Gasteiger partial charge is 0.310 e. The number of amides is 1. The van der Waals surface area contributed by atoms with Gasteiger partial charge in [0.2, 0.25) is 5.91 Å². The quantitative estimate of drug-likeness (QED) is 0.385. The molecule has 0 aliphatic heterocycles. The van der Waals surface area contributed by atoms with Gasteiger partial charge in [0, 0.05) is 12.1 Å². The Labute approximate surface area is 72.9 Å². The molecule has 0 radical (unpaired) electrons. The lowest BCUT2D eigenvalue weighted by molar-refractivity contribution is -0.115. The number of hydrogen-bond acceptors (Lipinski definition) is 2. The van der Waals surface area contributed by atoms with Crippen LogP contribution in [0.1, 0.15) is 13.8 Å². The predicted molar refractivity (Wildman–Crippen MR) is 50.8 cm³/mol. The second-order valence-electron chi connectivity index (χ2n) is 2.54. The summed E-state index contributed by atoms with van der Waals surface area (Å²) in [6.07, 6.45) is 2.61. The molecule has 0 aliphatic rings. The van der Waals surface area contributed by atoms with Crippen LogP contribution in [0.3, 0.4) is 0 Å². The van der Waals surface area contributed by atoms with E-state index < -0.39 is 0 Å². The average Bonchev–Trinajstić information content (AvgIpc) is 2.03. The number of nitrogens with one attached hydrogen (secondary N) is 1. The van der Waals surface area contributed by atoms with Crippen LogP contribution in [-0.2, 0) is 4.79 Å². The van der Waals surface area contributed by atoms with E-state index in [1.54, 1.807) is 0 Å². The van der Waals surface area contributed by atoms with Crippen molar-refractivity contribution in [3.05, 3.63) is 25.4 Å². The van der Waals surface area contributed by atoms with E-state index in [1.807, 2.05) is 13.8 Å². The molecule has 0 rings (SSSR count). The van der Waals surface area contributed by atoms with E-state index in [1.165, 1.54) is 12.3 Å². The molecule has 12 heavy (non-hydrogen) atoms. The fraction of sp³-hybridized carbons (Fsp3) is 0.333. The molecule has 0 spiro atoms. The standard InChI is InChI=1S/C9H14N2O/c1-5-8(12)11-9(7(3)4)10-6-2/h5-7H,1-2H2,3-4H3,(H,10,11,12). The van der Waals surface area contributed by atoms with Gasteiger partial charge in [0.15, 0.2) is 0 Å². The SMILES string of the molecule is C=CN=C(NC(=O)C=C)C(C)C. The lowest BCUT2D eigenvalue weighted by Gasteiger charge is -2.08. The second-order valence-corrected chi connectivity index (χ2v) is 2.54. The maximum atomic E-state index is 10.9. The molecule has 0 heterocycles. The minimum Gasteiger partial charge on any atom is -0.310 e. The zero-order valence-electron chi connectivity index (χ0n) is 7.50. The van der Waals surface area contributed by atoms with Crippen LogP contribution in [0, 0.1) is 5.92 Å². The Morgan fingerprint density at radius 1 is 1.50 bits per heavy atom. The van der Waals surface area contributed by atoms with Gasteiger partial charge in [-0.2, -0.15) is 0 Å². The molecule has 3 nitrogen and oxygen atoms in total. The first-order chi connectivity index (χ1) is 5.61. The molecule has 0 aliphatic carbocycles. The Hall–Kier alpha value is -1.38. The van der Waals surface area contributed by atoms with E-state index >= 15 is 0 Å². The van der Waals surface area contributed by atoms with Crippen molar-refractivity contribution < 1.29 is 4.79 Å². The number of rotatable bonds is 3. The molecule has 0 saturated carbocycles. The number of amidine groups is 1. The van der Waals surface area contributed by atoms with E-state index in [4.69, 9.17) is 0 Å². The number of aliphatic imine (C=N–C) groups is 1. The summed E-state index contributed by atoms with van der Waals surface area (Å²) >= 11 is 0. The molecule has 0 aromatic rings. The molecule has 0 fully saturated rings. The summed E-state index contributed by atoms with van der Waals surface area (Å²) in [4.78, 5) is 14.8. The minimum atomic E-state index is -0.246. The molecule has 0 aromatic carbocycles. The van der Waals surface area contributed by atoms with E-state index in [0.717, 1.165) is 0 Å². The fourth-order valence-electron chi connectivity index (χ4n) is 0.601. The van der Waals surface area contributed by atoms with Crippen molar-refractivity contribution in [2.75, 3.05) is 0 Å². The van der Waals surface area contributed by atoms with Crippen molar-refractivity contribution >= 4 is 11.7 Å². The van der Waals surface area contributed by atoms with Gasteiger partial charge in [-0.25, -0.2) is 4.99 Å². The number of carbonyl (C=O) groups excluding carboxylic acids is 1. The smallest absolute Gasteiger partial charge is 0.248 e. The highest BCUT2D eigenvalue weighted by Gasteiger charge is 2.05. The van der Waals surface area contributed by atoms with Gasteiger partial charge < -0.3 is 5.32 Å². The first-order valence-electron chi connectivity index (χ1n) is 3.73. The predicted octanol–water partition coefficient (Wildman–Crippen LogP) is 1.49. The van der Waals surface area contributed by atoms with Crippen molar-refractivity contribution in [3.8, 4) is 0 Å². The van der Waals surface area contributed by atoms with E-state index in [0.29, 0.717) is 5.84 Å². The molecule has 1 N–H and O–H groups in total. The monoisotopic (exact) mass is 166 g/mol. The maximum absolute atomic E-state index is 10.9. The molecule has 0 atom stereocenters. The molecule has 0 aromatic heterocycles. The highest BCUT2D eigenvalue weighted by molar-refractivity contribution is 6.03. The lowest BCUT2D eigenvalue weighted by Crippen LogP contribution is -2.32. The second kappa shape index (κ2) is 5.29. The van der Waals surface area contributed by atoms with Crippen molar-refractivity contribution in [1.29, 1.82) is 0 Å². The van der Waals surface area contributed by atoms with Crippen LogP contribution < -0.4 is 5.32 Å². The highest BCUT2D eigenvalue weighted by Crippen LogP contribution is 1.94. The molecule has 1 amide bonds. The zero-order valence-corrected chi connectivity index (χ0v) is 7.50. The highest BCUT2D eigenvalue weighted by atomic mass is 16.1. The average molecular weight is 166 g/mol. The van der Waals surface area contributed by atoms with Gasteiger partial charge in [0.05, 0.1) is 0 Å². The van der Waals surface area contributed by atoms with Gasteiger partial charge in [-0.1, -0.05) is 27.0 Å². The molecular formula is C9H14N2O. The first kappa shape index (κ1) is 10.6. The number of nitrogens with zero attached hydrogens (tertiary/aromatic N) is 1. The number of hydrogen-bond donors (Lipinski definition) is 1. The van der Waals surface area contributed by atoms with E-state index in [9.17, 15) is 4.79 Å². The molecule has 3 heteroatoms. The van der Waals surface area contributed by atoms with Crippen LogP contribution in [-0.4, -0.2) is 11.7 Å². The van der Waals surface area contributed by atoms with Gasteiger partial charge >= 0.3 is 0 Å². The summed E-state index contributed by atoms with van der Waals surface area (Å²) in [7, 11) is 0. The van der Waals surface area contributed by atoms with Gasteiger partial charge in [-0.05, 0) is 6.08 Å². The normalized spacial score (nSPS) is 11.1. The fourth-order valence-corrected chi connectivity index (χ4v) is 0.601. The summed E-state index contributed by atoms with van der Waals surface area (Å²) in [6.45, 7) is 10.7. The van der Waals surface area contributed by atoms with Crippen molar-refractivity contribution in [2.45, 2.75) is 13.8 Å². The van der Waals surface area contributed by atoms with Crippen molar-refractivity contribution in [3.63, 3.8) is 0 Å². The van der Waals surface area contributed by atoms with Crippen molar-refractivity contribution in [2.24, 2.45) is 10.9 Å². The Balaban J connectivity index is 4.33. The van der Waals surface area contributed by atoms with Crippen LogP contribution in [0.5, 0.6) is 0 Å². The van der Waals surface area contributed by atoms with Crippen LogP contribution in [0.4, 0.5) is 0 Å². The summed E-state index contributed by atoms with van der Waals surface area (Å²) < 4.78 is 0. The first-order valence-corrected chi connectivity index (χ1v) is 3.73. The van der Waals surface area contributed by atoms with Gasteiger partial charge in [-0.15, -0.1) is 0 Å². The third-order valence-corrected chi connectivity index (χ3v) is 1.21. The zero-order chi connectivity index (χ0) is 9.56. The topological polar surface area (TPSA) is 41.5 Å². The Kier molecular flexibility index (Phi) is 4.69. The Morgan fingerprint density at radius 3 is 2.42 bits per heavy atom. The van der Waals surface area contributed by atoms with Gasteiger partial charge in [-0.3, -0.25) is 4.79 Å². The Morgan fingerprint density at radius 2 is 2.08 bits per heavy atom. The molecular weight excluding hydrogens is 152 g/mol. The summed E-state index contributed by atoms with van der Waals surface area (Å²) in [5, 5.41) is 2.59. The third kappa shape index (κ3) is 3.71. The van der Waals surface area contributed by atoms with Crippen LogP contribution in [0.2, 0.25) is 0 Å². The van der Waals surface area contributed by atoms with Crippen LogP contribution in [0.15, 0.2) is 30.4 Å². The summed E-state index contributed by atoms with van der Waals surface area (Å²) in [6, 6.07) is 0. The number of carbonyl (C=O) groups is 1. The third-order valence-electron chi connectivity index (χ3n) is 1.21. The molecule has 0 saturated heterocycles. The molecule has 0 bridgehead atoms. The molecule has 66 valence electrons. The van der Waals surface area contributed by atoms with E-state index in [2.05, 4.69) is 23.5 Å². The maximum Gasteiger partial charge on any atom is 0.248 e. The van der Waals surface area contributed by atoms with Crippen LogP contribution >= 0.6 is 0 Å². The Bertz CT molecular complexity index is 217. The van der Waals surface area contributed by atoms with Gasteiger partial charge in [0.1, 0.15) is 5.84 Å². The summed E-state index contributed by atoms with van der Waals surface area (Å²) in [5.74, 6) is 0.533. The minimum absolute atomic E-state index is 0.173. The lowest BCUT2D eigenvalue weighted by atomic mass is 10.2. The van der Waals surface area contributed by atoms with E-state index in [-0.39, 0.29) is 11.8 Å². The van der Waals surface area contributed by atoms with Crippen LogP contribution in [0.25, 0.3) is 0 Å².